The van der Waals surface area contributed by atoms with Gasteiger partial charge in [-0.05, 0) is 61.9 Å². The fourth-order valence-electron chi connectivity index (χ4n) is 5.73. The molecule has 2 N–H and O–H groups in total. The van der Waals surface area contributed by atoms with Crippen LogP contribution in [-0.2, 0) is 22.6 Å². The van der Waals surface area contributed by atoms with Crippen LogP contribution in [0.15, 0.2) is 71.2 Å². The third kappa shape index (κ3) is 9.05. The van der Waals surface area contributed by atoms with Gasteiger partial charge in [-0.3, -0.25) is 4.90 Å². The second-order valence-corrected chi connectivity index (χ2v) is 10.7. The molecule has 0 unspecified atom stereocenters. The molecule has 0 atom stereocenters. The predicted octanol–water partition coefficient (Wildman–Crippen LogP) is 6.41. The fourth-order valence-corrected chi connectivity index (χ4v) is 5.73. The van der Waals surface area contributed by atoms with Crippen molar-refractivity contribution in [3.8, 4) is 5.75 Å². The van der Waals surface area contributed by atoms with Gasteiger partial charge >= 0.3 is 11.9 Å². The zero-order valence-electron chi connectivity index (χ0n) is 23.7. The maximum Gasteiger partial charge on any atom is 0.328 e. The summed E-state index contributed by atoms with van der Waals surface area (Å²) in [6.07, 6.45) is 10.6. The lowest BCUT2D eigenvalue weighted by molar-refractivity contribution is -0.134. The summed E-state index contributed by atoms with van der Waals surface area (Å²) in [6.45, 7) is 3.01. The number of hydrogen-bond donors (Lipinski definition) is 2. The first-order valence-corrected chi connectivity index (χ1v) is 14.4. The molecule has 8 nitrogen and oxygen atoms in total. The maximum atomic E-state index is 9.55. The van der Waals surface area contributed by atoms with Crippen molar-refractivity contribution in [1.29, 1.82) is 0 Å². The van der Waals surface area contributed by atoms with Gasteiger partial charge in [0, 0.05) is 24.5 Å². The first-order valence-electron chi connectivity index (χ1n) is 14.4. The summed E-state index contributed by atoms with van der Waals surface area (Å²) < 4.78 is 12.1. The number of oxazole rings is 1. The standard InChI is InChI=1S/C29H36N2O2.C4H4O4/c1-32-27-15-9-8-14-25(27)23-16-18-31(19-17-23)21-28-26(20-22-10-4-2-5-11-22)30-29(33-28)24-12-6-3-7-13-24;5-3(6)1-2-4(7)8/h2,4-5,8-11,14-15,23-24H,3,6-7,12-13,16-21H2,1H3;1-2H,(H,5,6)(H,7,8)/b;2-1+. The van der Waals surface area contributed by atoms with E-state index >= 15 is 0 Å². The third-order valence-corrected chi connectivity index (χ3v) is 7.87. The Morgan fingerprint density at radius 1 is 0.902 bits per heavy atom. The summed E-state index contributed by atoms with van der Waals surface area (Å²) >= 11 is 0. The van der Waals surface area contributed by atoms with E-state index in [0.717, 1.165) is 62.0 Å². The van der Waals surface area contributed by atoms with Crippen molar-refractivity contribution in [2.75, 3.05) is 20.2 Å². The van der Waals surface area contributed by atoms with E-state index in [1.165, 1.54) is 43.2 Å². The van der Waals surface area contributed by atoms with E-state index in [2.05, 4.69) is 59.5 Å². The summed E-state index contributed by atoms with van der Waals surface area (Å²) in [4.78, 5) is 26.7. The highest BCUT2D eigenvalue weighted by Crippen LogP contribution is 2.36. The quantitative estimate of drug-likeness (QED) is 0.289. The summed E-state index contributed by atoms with van der Waals surface area (Å²) in [5.41, 5.74) is 3.79. The molecule has 2 fully saturated rings. The van der Waals surface area contributed by atoms with Crippen LogP contribution < -0.4 is 4.74 Å². The van der Waals surface area contributed by atoms with Crippen LogP contribution in [0.1, 0.15) is 85.3 Å². The summed E-state index contributed by atoms with van der Waals surface area (Å²) in [5.74, 6) is 1.63. The molecule has 0 spiro atoms. The minimum atomic E-state index is -1.26. The van der Waals surface area contributed by atoms with Crippen LogP contribution in [0.25, 0.3) is 0 Å². The van der Waals surface area contributed by atoms with Gasteiger partial charge in [0.25, 0.3) is 0 Å². The van der Waals surface area contributed by atoms with Crippen molar-refractivity contribution >= 4 is 11.9 Å². The summed E-state index contributed by atoms with van der Waals surface area (Å²) in [5, 5.41) is 15.6. The number of carboxylic acid groups (broad SMARTS) is 2. The lowest BCUT2D eigenvalue weighted by Gasteiger charge is -2.32. The summed E-state index contributed by atoms with van der Waals surface area (Å²) in [6, 6.07) is 19.2. The average Bonchev–Trinajstić information content (AvgIpc) is 3.39. The van der Waals surface area contributed by atoms with Gasteiger partial charge in [-0.15, -0.1) is 0 Å². The van der Waals surface area contributed by atoms with Crippen LogP contribution >= 0.6 is 0 Å². The molecule has 1 aromatic heterocycles. The number of benzene rings is 2. The molecule has 1 aliphatic heterocycles. The molecule has 5 rings (SSSR count). The van der Waals surface area contributed by atoms with Crippen LogP contribution in [0.4, 0.5) is 0 Å². The van der Waals surface area contributed by atoms with Crippen molar-refractivity contribution in [3.63, 3.8) is 0 Å². The number of para-hydroxylation sites is 1. The number of carbonyl (C=O) groups is 2. The van der Waals surface area contributed by atoms with Gasteiger partial charge in [0.15, 0.2) is 5.89 Å². The van der Waals surface area contributed by atoms with Crippen molar-refractivity contribution in [3.05, 3.63) is 95.2 Å². The highest BCUT2D eigenvalue weighted by Gasteiger charge is 2.27. The van der Waals surface area contributed by atoms with Crippen molar-refractivity contribution in [1.82, 2.24) is 9.88 Å². The largest absolute Gasteiger partial charge is 0.496 e. The second-order valence-electron chi connectivity index (χ2n) is 10.7. The van der Waals surface area contributed by atoms with Crippen LogP contribution in [0.2, 0.25) is 0 Å². The number of aliphatic carboxylic acids is 2. The van der Waals surface area contributed by atoms with Gasteiger partial charge in [0.05, 0.1) is 19.3 Å². The van der Waals surface area contributed by atoms with Gasteiger partial charge < -0.3 is 19.4 Å². The molecule has 8 heteroatoms. The maximum absolute atomic E-state index is 9.55. The van der Waals surface area contributed by atoms with Gasteiger partial charge in [-0.2, -0.15) is 0 Å². The zero-order chi connectivity index (χ0) is 29.0. The zero-order valence-corrected chi connectivity index (χ0v) is 23.7. The van der Waals surface area contributed by atoms with Gasteiger partial charge in [-0.25, -0.2) is 14.6 Å². The predicted molar refractivity (Wildman–Crippen MR) is 156 cm³/mol. The van der Waals surface area contributed by atoms with Crippen molar-refractivity contribution in [2.24, 2.45) is 0 Å². The van der Waals surface area contributed by atoms with Gasteiger partial charge in [0.2, 0.25) is 0 Å². The third-order valence-electron chi connectivity index (χ3n) is 7.87. The first-order chi connectivity index (χ1) is 19.9. The number of ether oxygens (including phenoxy) is 1. The molecule has 0 amide bonds. The molecular formula is C33H40N2O6. The molecule has 0 radical (unpaired) electrons. The molecule has 218 valence electrons. The molecular weight excluding hydrogens is 520 g/mol. The summed E-state index contributed by atoms with van der Waals surface area (Å²) in [7, 11) is 1.77. The highest BCUT2D eigenvalue weighted by atomic mass is 16.5. The van der Waals surface area contributed by atoms with E-state index in [9.17, 15) is 9.59 Å². The number of aromatic nitrogens is 1. The Kier molecular flexibility index (Phi) is 11.1. The van der Waals surface area contributed by atoms with E-state index in [0.29, 0.717) is 24.0 Å². The number of likely N-dealkylation sites (tertiary alicyclic amines) is 1. The smallest absolute Gasteiger partial charge is 0.328 e. The Hall–Kier alpha value is -3.91. The molecule has 1 aliphatic carbocycles. The lowest BCUT2D eigenvalue weighted by Crippen LogP contribution is -2.32. The molecule has 2 heterocycles. The van der Waals surface area contributed by atoms with E-state index in [1.807, 2.05) is 0 Å². The van der Waals surface area contributed by atoms with E-state index in [-0.39, 0.29) is 0 Å². The Balaban J connectivity index is 0.000000426. The van der Waals surface area contributed by atoms with Crippen LogP contribution in [0.5, 0.6) is 5.75 Å². The monoisotopic (exact) mass is 560 g/mol. The molecule has 2 aliphatic rings. The van der Waals surface area contributed by atoms with E-state index < -0.39 is 11.9 Å². The minimum absolute atomic E-state index is 0.498. The topological polar surface area (TPSA) is 113 Å². The molecule has 2 aromatic carbocycles. The molecule has 3 aromatic rings. The Morgan fingerprint density at radius 2 is 1.54 bits per heavy atom. The minimum Gasteiger partial charge on any atom is -0.496 e. The number of methoxy groups -OCH3 is 1. The van der Waals surface area contributed by atoms with Crippen molar-refractivity contribution < 1.29 is 29.0 Å². The number of rotatable bonds is 9. The van der Waals surface area contributed by atoms with Crippen LogP contribution in [0, 0.1) is 0 Å². The Morgan fingerprint density at radius 3 is 2.17 bits per heavy atom. The molecule has 0 bridgehead atoms. The number of hydrogen-bond acceptors (Lipinski definition) is 6. The lowest BCUT2D eigenvalue weighted by atomic mass is 9.88. The van der Waals surface area contributed by atoms with E-state index in [1.54, 1.807) is 7.11 Å². The highest BCUT2D eigenvalue weighted by molar-refractivity contribution is 5.89. The molecule has 1 saturated heterocycles. The molecule has 41 heavy (non-hydrogen) atoms. The number of nitrogens with zero attached hydrogens (tertiary/aromatic N) is 2. The normalized spacial score (nSPS) is 16.7. The second kappa shape index (κ2) is 15.2. The first kappa shape index (κ1) is 30.1. The Labute approximate surface area is 241 Å². The van der Waals surface area contributed by atoms with Gasteiger partial charge in [0.1, 0.15) is 11.5 Å². The SMILES string of the molecule is COc1ccccc1C1CCN(Cc2oc(C3CCCCC3)nc2Cc2ccccc2)CC1.O=C(O)/C=C/C(=O)O. The molecule has 1 saturated carbocycles. The van der Waals surface area contributed by atoms with Crippen LogP contribution in [0.3, 0.4) is 0 Å². The van der Waals surface area contributed by atoms with Gasteiger partial charge in [-0.1, -0.05) is 67.8 Å². The number of carboxylic acids is 2. The Bertz CT molecular complexity index is 1270. The van der Waals surface area contributed by atoms with E-state index in [4.69, 9.17) is 24.4 Å². The number of piperidine rings is 1. The fraction of sp³-hybridized carbons (Fsp3) is 0.424. The van der Waals surface area contributed by atoms with Crippen molar-refractivity contribution in [2.45, 2.75) is 69.7 Å². The van der Waals surface area contributed by atoms with Crippen LogP contribution in [-0.4, -0.2) is 52.2 Å². The average molecular weight is 561 g/mol.